The Labute approximate surface area is 128 Å². The predicted molar refractivity (Wildman–Crippen MR) is 86.1 cm³/mol. The highest BCUT2D eigenvalue weighted by Crippen LogP contribution is 2.31. The molecule has 1 aromatic rings. The summed E-state index contributed by atoms with van der Waals surface area (Å²) in [6.07, 6.45) is 4.53. The minimum atomic E-state index is 0.115. The molecule has 1 heterocycles. The van der Waals surface area contributed by atoms with Crippen molar-refractivity contribution in [3.63, 3.8) is 0 Å². The maximum atomic E-state index is 6.01. The quantitative estimate of drug-likeness (QED) is 0.748. The molecule has 2 N–H and O–H groups in total. The summed E-state index contributed by atoms with van der Waals surface area (Å²) in [4.78, 5) is 2.51. The fraction of sp³-hybridized carbons (Fsp3) is 0.647. The molecule has 0 amide bonds. The highest BCUT2D eigenvalue weighted by molar-refractivity contribution is 5.47. The van der Waals surface area contributed by atoms with Gasteiger partial charge in [0.05, 0.1) is 13.7 Å². The van der Waals surface area contributed by atoms with E-state index in [4.69, 9.17) is 15.2 Å². The van der Waals surface area contributed by atoms with Gasteiger partial charge >= 0.3 is 0 Å². The molecule has 2 rings (SSSR count). The molecule has 0 radical (unpaired) electrons. The summed E-state index contributed by atoms with van der Waals surface area (Å²) >= 11 is 0. The van der Waals surface area contributed by atoms with E-state index in [0.29, 0.717) is 0 Å². The SMILES string of the molecule is COc1cccc(CC(C)N)c1OCCCN1CCCC1. The van der Waals surface area contributed by atoms with Gasteiger partial charge in [-0.25, -0.2) is 0 Å². The third-order valence-corrected chi connectivity index (χ3v) is 3.89. The van der Waals surface area contributed by atoms with Crippen LogP contribution in [0.1, 0.15) is 31.7 Å². The number of nitrogens with zero attached hydrogens (tertiary/aromatic N) is 1. The van der Waals surface area contributed by atoms with Crippen LogP contribution in [0.2, 0.25) is 0 Å². The summed E-state index contributed by atoms with van der Waals surface area (Å²) in [6.45, 7) is 6.34. The minimum Gasteiger partial charge on any atom is -0.493 e. The molecular formula is C17H28N2O2. The van der Waals surface area contributed by atoms with Gasteiger partial charge in [0, 0.05) is 12.6 Å². The van der Waals surface area contributed by atoms with E-state index < -0.39 is 0 Å². The monoisotopic (exact) mass is 292 g/mol. The van der Waals surface area contributed by atoms with Gasteiger partial charge in [-0.05, 0) is 57.3 Å². The molecule has 1 aliphatic rings. The van der Waals surface area contributed by atoms with Crippen molar-refractivity contribution in [2.24, 2.45) is 5.73 Å². The van der Waals surface area contributed by atoms with Crippen LogP contribution >= 0.6 is 0 Å². The molecule has 0 aromatic heterocycles. The average molecular weight is 292 g/mol. The highest BCUT2D eigenvalue weighted by Gasteiger charge is 2.13. The number of hydrogen-bond donors (Lipinski definition) is 1. The Morgan fingerprint density at radius 3 is 2.71 bits per heavy atom. The van der Waals surface area contributed by atoms with Crippen molar-refractivity contribution >= 4 is 0 Å². The van der Waals surface area contributed by atoms with E-state index in [1.807, 2.05) is 19.1 Å². The van der Waals surface area contributed by atoms with Gasteiger partial charge in [0.15, 0.2) is 11.5 Å². The molecule has 1 aliphatic heterocycles. The summed E-state index contributed by atoms with van der Waals surface area (Å²) in [5, 5.41) is 0. The summed E-state index contributed by atoms with van der Waals surface area (Å²) in [5.41, 5.74) is 7.05. The number of methoxy groups -OCH3 is 1. The van der Waals surface area contributed by atoms with E-state index in [-0.39, 0.29) is 6.04 Å². The molecular weight excluding hydrogens is 264 g/mol. The van der Waals surface area contributed by atoms with E-state index >= 15 is 0 Å². The van der Waals surface area contributed by atoms with E-state index in [2.05, 4.69) is 11.0 Å². The van der Waals surface area contributed by atoms with Crippen LogP contribution in [0.4, 0.5) is 0 Å². The zero-order valence-electron chi connectivity index (χ0n) is 13.3. The number of benzene rings is 1. The van der Waals surface area contributed by atoms with Gasteiger partial charge in [-0.3, -0.25) is 0 Å². The molecule has 0 aliphatic carbocycles. The lowest BCUT2D eigenvalue weighted by atomic mass is 10.1. The van der Waals surface area contributed by atoms with Crippen LogP contribution in [-0.2, 0) is 6.42 Å². The first-order valence-corrected chi connectivity index (χ1v) is 7.97. The Balaban J connectivity index is 1.90. The average Bonchev–Trinajstić information content (AvgIpc) is 2.97. The van der Waals surface area contributed by atoms with Gasteiger partial charge in [0.1, 0.15) is 0 Å². The highest BCUT2D eigenvalue weighted by atomic mass is 16.5. The van der Waals surface area contributed by atoms with E-state index in [1.54, 1.807) is 7.11 Å². The Kier molecular flexibility index (Phi) is 6.33. The molecule has 0 bridgehead atoms. The van der Waals surface area contributed by atoms with Crippen LogP contribution in [0.25, 0.3) is 0 Å². The van der Waals surface area contributed by atoms with E-state index in [0.717, 1.165) is 43.1 Å². The van der Waals surface area contributed by atoms with Gasteiger partial charge in [-0.15, -0.1) is 0 Å². The number of rotatable bonds is 8. The van der Waals surface area contributed by atoms with Gasteiger partial charge in [0.2, 0.25) is 0 Å². The normalized spacial score (nSPS) is 16.9. The fourth-order valence-corrected chi connectivity index (χ4v) is 2.86. The lowest BCUT2D eigenvalue weighted by Gasteiger charge is -2.18. The van der Waals surface area contributed by atoms with Crippen LogP contribution in [0.5, 0.6) is 11.5 Å². The molecule has 0 spiro atoms. The second-order valence-electron chi connectivity index (χ2n) is 5.88. The summed E-state index contributed by atoms with van der Waals surface area (Å²) in [5.74, 6) is 1.66. The summed E-state index contributed by atoms with van der Waals surface area (Å²) in [7, 11) is 1.68. The molecule has 4 nitrogen and oxygen atoms in total. The van der Waals surface area contributed by atoms with Gasteiger partial charge in [-0.1, -0.05) is 12.1 Å². The molecule has 1 saturated heterocycles. The molecule has 1 atom stereocenters. The smallest absolute Gasteiger partial charge is 0.164 e. The third kappa shape index (κ3) is 4.90. The van der Waals surface area contributed by atoms with Crippen LogP contribution in [0, 0.1) is 0 Å². The maximum absolute atomic E-state index is 6.01. The minimum absolute atomic E-state index is 0.115. The van der Waals surface area contributed by atoms with E-state index in [1.165, 1.54) is 25.9 Å². The first kappa shape index (κ1) is 16.1. The van der Waals surface area contributed by atoms with Crippen molar-refractivity contribution in [3.8, 4) is 11.5 Å². The predicted octanol–water partition coefficient (Wildman–Crippen LogP) is 2.45. The summed E-state index contributed by atoms with van der Waals surface area (Å²) in [6, 6.07) is 6.12. The second kappa shape index (κ2) is 8.25. The lowest BCUT2D eigenvalue weighted by molar-refractivity contribution is 0.252. The van der Waals surface area contributed by atoms with E-state index in [9.17, 15) is 0 Å². The summed E-state index contributed by atoms with van der Waals surface area (Å²) < 4.78 is 11.4. The first-order chi connectivity index (χ1) is 10.2. The lowest BCUT2D eigenvalue weighted by Crippen LogP contribution is -2.22. The van der Waals surface area contributed by atoms with Gasteiger partial charge in [0.25, 0.3) is 0 Å². The number of ether oxygens (including phenoxy) is 2. The number of para-hydroxylation sites is 1. The first-order valence-electron chi connectivity index (χ1n) is 7.97. The molecule has 21 heavy (non-hydrogen) atoms. The molecule has 4 heteroatoms. The maximum Gasteiger partial charge on any atom is 0.164 e. The van der Waals surface area contributed by atoms with Crippen molar-refractivity contribution < 1.29 is 9.47 Å². The van der Waals surface area contributed by atoms with Gasteiger partial charge < -0.3 is 20.1 Å². The zero-order valence-corrected chi connectivity index (χ0v) is 13.3. The molecule has 0 saturated carbocycles. The Bertz CT molecular complexity index is 429. The standard InChI is InChI=1S/C17H28N2O2/c1-14(18)13-15-7-5-8-16(20-2)17(15)21-12-6-11-19-9-3-4-10-19/h5,7-8,14H,3-4,6,9-13,18H2,1-2H3. The molecule has 1 fully saturated rings. The van der Waals surface area contributed by atoms with Crippen LogP contribution in [-0.4, -0.2) is 44.3 Å². The zero-order chi connectivity index (χ0) is 15.1. The second-order valence-corrected chi connectivity index (χ2v) is 5.88. The number of hydrogen-bond acceptors (Lipinski definition) is 4. The van der Waals surface area contributed by atoms with Crippen LogP contribution in [0.3, 0.4) is 0 Å². The third-order valence-electron chi connectivity index (χ3n) is 3.89. The topological polar surface area (TPSA) is 47.7 Å². The molecule has 1 unspecified atom stereocenters. The van der Waals surface area contributed by atoms with Crippen LogP contribution < -0.4 is 15.2 Å². The van der Waals surface area contributed by atoms with Crippen molar-refractivity contribution in [3.05, 3.63) is 23.8 Å². The van der Waals surface area contributed by atoms with Gasteiger partial charge in [-0.2, -0.15) is 0 Å². The number of likely N-dealkylation sites (tertiary alicyclic amines) is 1. The Hall–Kier alpha value is -1.26. The Morgan fingerprint density at radius 1 is 1.29 bits per heavy atom. The largest absolute Gasteiger partial charge is 0.493 e. The molecule has 1 aromatic carbocycles. The van der Waals surface area contributed by atoms with Crippen molar-refractivity contribution in [1.29, 1.82) is 0 Å². The number of nitrogens with two attached hydrogens (primary N) is 1. The molecule has 118 valence electrons. The van der Waals surface area contributed by atoms with Crippen molar-refractivity contribution in [1.82, 2.24) is 4.90 Å². The Morgan fingerprint density at radius 2 is 2.05 bits per heavy atom. The fourth-order valence-electron chi connectivity index (χ4n) is 2.86. The van der Waals surface area contributed by atoms with Crippen molar-refractivity contribution in [2.75, 3.05) is 33.4 Å². The van der Waals surface area contributed by atoms with Crippen LogP contribution in [0.15, 0.2) is 18.2 Å². The van der Waals surface area contributed by atoms with Crippen molar-refractivity contribution in [2.45, 2.75) is 38.6 Å².